The van der Waals surface area contributed by atoms with Gasteiger partial charge in [-0.05, 0) is 12.1 Å². The van der Waals surface area contributed by atoms with Crippen molar-refractivity contribution >= 4 is 23.2 Å². The second-order valence-corrected chi connectivity index (χ2v) is 6.84. The minimum atomic E-state index is -0.906. The molecular weight excluding hydrogens is 392 g/mol. The van der Waals surface area contributed by atoms with E-state index in [2.05, 4.69) is 15.3 Å². The van der Waals surface area contributed by atoms with Gasteiger partial charge in [-0.2, -0.15) is 9.78 Å². The van der Waals surface area contributed by atoms with Crippen molar-refractivity contribution in [2.24, 2.45) is 0 Å². The van der Waals surface area contributed by atoms with Gasteiger partial charge in [-0.3, -0.25) is 14.5 Å². The lowest BCUT2D eigenvalue weighted by Gasteiger charge is -2.34. The molecule has 1 saturated heterocycles. The monoisotopic (exact) mass is 411 g/mol. The maximum absolute atomic E-state index is 13.9. The van der Waals surface area contributed by atoms with Crippen LogP contribution in [0.2, 0.25) is 5.02 Å². The van der Waals surface area contributed by atoms with Crippen molar-refractivity contribution in [1.29, 1.82) is 0 Å². The number of aromatic nitrogens is 2. The SMILES string of the molecule is CC(=O)N1CCN(CCNc2cnn(-c3ccc(F)cc3F)c(=O)c2Cl)CC1. The molecule has 1 aromatic carbocycles. The molecule has 0 bridgehead atoms. The summed E-state index contributed by atoms with van der Waals surface area (Å²) >= 11 is 6.12. The number of halogens is 3. The third kappa shape index (κ3) is 4.48. The number of carbonyl (C=O) groups excluding carboxylic acids is 1. The Hall–Kier alpha value is -2.52. The summed E-state index contributed by atoms with van der Waals surface area (Å²) in [6, 6.07) is 2.84. The van der Waals surface area contributed by atoms with Gasteiger partial charge in [-0.1, -0.05) is 11.6 Å². The summed E-state index contributed by atoms with van der Waals surface area (Å²) < 4.78 is 27.8. The molecule has 0 radical (unpaired) electrons. The van der Waals surface area contributed by atoms with E-state index in [1.807, 2.05) is 0 Å². The minimum absolute atomic E-state index is 0.0776. The number of piperazine rings is 1. The molecule has 1 N–H and O–H groups in total. The van der Waals surface area contributed by atoms with Crippen molar-refractivity contribution in [3.05, 3.63) is 51.4 Å². The molecule has 28 heavy (non-hydrogen) atoms. The Labute approximate surface area is 165 Å². The van der Waals surface area contributed by atoms with Crippen LogP contribution in [0.4, 0.5) is 14.5 Å². The Balaban J connectivity index is 1.62. The van der Waals surface area contributed by atoms with E-state index < -0.39 is 17.2 Å². The summed E-state index contributed by atoms with van der Waals surface area (Å²) in [5.41, 5.74) is -0.539. The fraction of sp³-hybridized carbons (Fsp3) is 0.389. The standard InChI is InChI=1S/C18H20ClF2N5O2/c1-12(27)25-8-6-24(7-9-25)5-4-22-15-11-23-26(18(28)17(15)19)16-3-2-13(20)10-14(16)21/h2-3,10-11,22H,4-9H2,1H3. The number of carbonyl (C=O) groups is 1. The van der Waals surface area contributed by atoms with Crippen LogP contribution in [0.5, 0.6) is 0 Å². The molecule has 1 amide bonds. The van der Waals surface area contributed by atoms with E-state index >= 15 is 0 Å². The highest BCUT2D eigenvalue weighted by molar-refractivity contribution is 6.32. The smallest absolute Gasteiger partial charge is 0.292 e. The Morgan fingerprint density at radius 2 is 1.96 bits per heavy atom. The van der Waals surface area contributed by atoms with Gasteiger partial charge in [-0.25, -0.2) is 8.78 Å². The zero-order chi connectivity index (χ0) is 20.3. The number of amides is 1. The van der Waals surface area contributed by atoms with E-state index in [4.69, 9.17) is 11.6 Å². The molecule has 2 aromatic rings. The normalized spacial score (nSPS) is 14.9. The number of benzene rings is 1. The minimum Gasteiger partial charge on any atom is -0.381 e. The molecule has 1 fully saturated rings. The highest BCUT2D eigenvalue weighted by Crippen LogP contribution is 2.18. The number of anilines is 1. The number of hydrogen-bond acceptors (Lipinski definition) is 5. The second kappa shape index (κ2) is 8.66. The van der Waals surface area contributed by atoms with Crippen molar-refractivity contribution in [1.82, 2.24) is 19.6 Å². The van der Waals surface area contributed by atoms with Crippen molar-refractivity contribution in [2.75, 3.05) is 44.6 Å². The second-order valence-electron chi connectivity index (χ2n) is 6.46. The van der Waals surface area contributed by atoms with Gasteiger partial charge < -0.3 is 10.2 Å². The van der Waals surface area contributed by atoms with Gasteiger partial charge in [0, 0.05) is 52.3 Å². The van der Waals surface area contributed by atoms with Gasteiger partial charge >= 0.3 is 0 Å². The topological polar surface area (TPSA) is 70.5 Å². The number of rotatable bonds is 5. The fourth-order valence-electron chi connectivity index (χ4n) is 3.02. The summed E-state index contributed by atoms with van der Waals surface area (Å²) in [5.74, 6) is -1.58. The largest absolute Gasteiger partial charge is 0.381 e. The lowest BCUT2D eigenvalue weighted by Crippen LogP contribution is -2.49. The molecule has 10 heteroatoms. The Kier molecular flexibility index (Phi) is 6.25. The van der Waals surface area contributed by atoms with Gasteiger partial charge in [0.15, 0.2) is 5.82 Å². The highest BCUT2D eigenvalue weighted by atomic mass is 35.5. The van der Waals surface area contributed by atoms with Crippen molar-refractivity contribution in [3.8, 4) is 5.69 Å². The zero-order valence-corrected chi connectivity index (χ0v) is 16.0. The zero-order valence-electron chi connectivity index (χ0n) is 15.3. The number of nitrogens with one attached hydrogen (secondary N) is 1. The van der Waals surface area contributed by atoms with Crippen LogP contribution in [0.3, 0.4) is 0 Å². The van der Waals surface area contributed by atoms with E-state index in [-0.39, 0.29) is 16.6 Å². The van der Waals surface area contributed by atoms with Crippen molar-refractivity contribution in [2.45, 2.75) is 6.92 Å². The number of hydrogen-bond donors (Lipinski definition) is 1. The molecule has 0 aliphatic carbocycles. The lowest BCUT2D eigenvalue weighted by molar-refractivity contribution is -0.130. The third-order valence-electron chi connectivity index (χ3n) is 4.62. The van der Waals surface area contributed by atoms with Crippen molar-refractivity contribution in [3.63, 3.8) is 0 Å². The predicted octanol–water partition coefficient (Wildman–Crippen LogP) is 1.74. The molecule has 7 nitrogen and oxygen atoms in total. The molecule has 1 aromatic heterocycles. The van der Waals surface area contributed by atoms with Crippen molar-refractivity contribution < 1.29 is 13.6 Å². The van der Waals surface area contributed by atoms with Gasteiger partial charge in [0.2, 0.25) is 5.91 Å². The molecule has 1 aliphatic rings. The van der Waals surface area contributed by atoms with Crippen LogP contribution in [0, 0.1) is 11.6 Å². The predicted molar refractivity (Wildman–Crippen MR) is 102 cm³/mol. The summed E-state index contributed by atoms with van der Waals surface area (Å²) in [4.78, 5) is 27.8. The number of nitrogens with zero attached hydrogens (tertiary/aromatic N) is 4. The first kappa shape index (κ1) is 20.2. The van der Waals surface area contributed by atoms with Gasteiger partial charge in [0.25, 0.3) is 5.56 Å². The van der Waals surface area contributed by atoms with Gasteiger partial charge in [0.05, 0.1) is 11.9 Å². The van der Waals surface area contributed by atoms with E-state index in [1.165, 1.54) is 6.20 Å². The van der Waals surface area contributed by atoms with Crippen LogP contribution in [0.15, 0.2) is 29.2 Å². The molecule has 150 valence electrons. The molecule has 2 heterocycles. The Morgan fingerprint density at radius 3 is 2.61 bits per heavy atom. The van der Waals surface area contributed by atoms with Crippen LogP contribution in [-0.2, 0) is 4.79 Å². The summed E-state index contributed by atoms with van der Waals surface area (Å²) in [7, 11) is 0. The summed E-state index contributed by atoms with van der Waals surface area (Å²) in [6.45, 7) is 5.73. The lowest BCUT2D eigenvalue weighted by atomic mass is 10.3. The molecule has 0 atom stereocenters. The van der Waals surface area contributed by atoms with Gasteiger partial charge in [0.1, 0.15) is 16.5 Å². The molecule has 0 unspecified atom stereocenters. The van der Waals surface area contributed by atoms with Gasteiger partial charge in [-0.15, -0.1) is 0 Å². The molecule has 0 saturated carbocycles. The highest BCUT2D eigenvalue weighted by Gasteiger charge is 2.18. The first-order valence-electron chi connectivity index (χ1n) is 8.82. The maximum atomic E-state index is 13.9. The van der Waals surface area contributed by atoms with E-state index in [0.717, 1.165) is 29.9 Å². The molecular formula is C18H20ClF2N5O2. The average Bonchev–Trinajstić information content (AvgIpc) is 2.66. The Morgan fingerprint density at radius 1 is 1.25 bits per heavy atom. The molecule has 0 spiro atoms. The van der Waals surface area contributed by atoms with E-state index in [1.54, 1.807) is 11.8 Å². The molecule has 1 aliphatic heterocycles. The van der Waals surface area contributed by atoms with Crippen LogP contribution in [-0.4, -0.2) is 64.8 Å². The Bertz CT molecular complexity index is 929. The van der Waals surface area contributed by atoms with E-state index in [9.17, 15) is 18.4 Å². The summed E-state index contributed by atoms with van der Waals surface area (Å²) in [6.07, 6.45) is 1.33. The molecule has 3 rings (SSSR count). The van der Waals surface area contributed by atoms with Crippen LogP contribution < -0.4 is 10.9 Å². The van der Waals surface area contributed by atoms with Crippen LogP contribution in [0.1, 0.15) is 6.92 Å². The first-order chi connectivity index (χ1) is 13.4. The van der Waals surface area contributed by atoms with Crippen LogP contribution >= 0.6 is 11.6 Å². The quantitative estimate of drug-likeness (QED) is 0.811. The first-order valence-corrected chi connectivity index (χ1v) is 9.19. The summed E-state index contributed by atoms with van der Waals surface area (Å²) in [5, 5.41) is 6.86. The van der Waals surface area contributed by atoms with E-state index in [0.29, 0.717) is 37.9 Å². The average molecular weight is 412 g/mol. The third-order valence-corrected chi connectivity index (χ3v) is 4.98. The van der Waals surface area contributed by atoms with Crippen LogP contribution in [0.25, 0.3) is 5.69 Å². The fourth-order valence-corrected chi connectivity index (χ4v) is 3.21. The maximum Gasteiger partial charge on any atom is 0.292 e.